The number of carbonyl (C=O) groups excluding carboxylic acids is 1. The lowest BCUT2D eigenvalue weighted by Gasteiger charge is -2.17. The van der Waals surface area contributed by atoms with E-state index in [1.807, 2.05) is 0 Å². The summed E-state index contributed by atoms with van der Waals surface area (Å²) in [4.78, 5) is 23.7. The van der Waals surface area contributed by atoms with Gasteiger partial charge in [0, 0.05) is 23.1 Å². The third kappa shape index (κ3) is 3.81. The number of nitriles is 1. The molecule has 1 aromatic carbocycles. The Bertz CT molecular complexity index is 940. The van der Waals surface area contributed by atoms with E-state index in [0.717, 1.165) is 24.8 Å². The van der Waals surface area contributed by atoms with Crippen molar-refractivity contribution >= 4 is 34.0 Å². The smallest absolute Gasteiger partial charge is 0.270 e. The van der Waals surface area contributed by atoms with E-state index in [4.69, 9.17) is 0 Å². The highest BCUT2D eigenvalue weighted by atomic mass is 32.1. The van der Waals surface area contributed by atoms with Crippen LogP contribution in [0.15, 0.2) is 30.3 Å². The number of carbonyl (C=O) groups is 1. The maximum absolute atomic E-state index is 12.2. The maximum atomic E-state index is 12.2. The number of nitrogens with one attached hydrogen (secondary N) is 1. The van der Waals surface area contributed by atoms with Crippen molar-refractivity contribution < 1.29 is 9.72 Å². The largest absolute Gasteiger partial charge is 0.313 e. The van der Waals surface area contributed by atoms with Gasteiger partial charge in [0.25, 0.3) is 5.69 Å². The highest BCUT2D eigenvalue weighted by Gasteiger charge is 2.24. The molecule has 1 N–H and O–H groups in total. The molecule has 0 bridgehead atoms. The van der Waals surface area contributed by atoms with E-state index < -0.39 is 4.92 Å². The van der Waals surface area contributed by atoms with Crippen LogP contribution in [-0.4, -0.2) is 10.8 Å². The topological polar surface area (TPSA) is 96.0 Å². The van der Waals surface area contributed by atoms with E-state index in [2.05, 4.69) is 18.3 Å². The molecule has 6 nitrogen and oxygen atoms in total. The quantitative estimate of drug-likeness (QED) is 0.495. The lowest BCUT2D eigenvalue weighted by atomic mass is 9.89. The van der Waals surface area contributed by atoms with Gasteiger partial charge < -0.3 is 5.32 Å². The van der Waals surface area contributed by atoms with Gasteiger partial charge in [-0.3, -0.25) is 14.9 Å². The molecule has 1 amide bonds. The number of nitro benzene ring substituents is 1. The number of hydrogen-bond acceptors (Lipinski definition) is 5. The average molecular weight is 367 g/mol. The molecule has 1 aromatic heterocycles. The number of rotatable bonds is 4. The second-order valence-electron chi connectivity index (χ2n) is 6.34. The number of nitrogens with zero attached hydrogens (tertiary/aromatic N) is 2. The van der Waals surface area contributed by atoms with E-state index in [1.54, 1.807) is 12.1 Å². The summed E-state index contributed by atoms with van der Waals surface area (Å²) in [6.07, 6.45) is 5.70. The molecule has 0 saturated carbocycles. The molecule has 0 unspecified atom stereocenters. The fourth-order valence-corrected chi connectivity index (χ4v) is 4.39. The predicted molar refractivity (Wildman–Crippen MR) is 101 cm³/mol. The Labute approximate surface area is 154 Å². The molecule has 0 aliphatic heterocycles. The summed E-state index contributed by atoms with van der Waals surface area (Å²) in [5.41, 5.74) is 2.16. The summed E-state index contributed by atoms with van der Waals surface area (Å²) in [5.74, 6) is 0.227. The van der Waals surface area contributed by atoms with Gasteiger partial charge in [-0.2, -0.15) is 5.26 Å². The first-order chi connectivity index (χ1) is 12.5. The number of fused-ring (bicyclic) bond motifs is 1. The van der Waals surface area contributed by atoms with E-state index in [-0.39, 0.29) is 11.6 Å². The Morgan fingerprint density at radius 1 is 1.50 bits per heavy atom. The van der Waals surface area contributed by atoms with Gasteiger partial charge in [-0.1, -0.05) is 19.1 Å². The van der Waals surface area contributed by atoms with Gasteiger partial charge in [0.15, 0.2) is 0 Å². The Morgan fingerprint density at radius 2 is 2.31 bits per heavy atom. The van der Waals surface area contributed by atoms with Crippen LogP contribution >= 0.6 is 11.3 Å². The van der Waals surface area contributed by atoms with Crippen LogP contribution in [0.1, 0.15) is 34.9 Å². The Hall–Kier alpha value is -2.98. The molecule has 0 saturated heterocycles. The van der Waals surface area contributed by atoms with Gasteiger partial charge in [0.2, 0.25) is 5.91 Å². The number of thiophene rings is 1. The lowest BCUT2D eigenvalue weighted by molar-refractivity contribution is -0.384. The van der Waals surface area contributed by atoms with Gasteiger partial charge >= 0.3 is 0 Å². The first-order valence-electron chi connectivity index (χ1n) is 8.26. The van der Waals surface area contributed by atoms with Crippen LogP contribution in [0, 0.1) is 27.4 Å². The molecule has 3 rings (SSSR count). The number of amides is 1. The van der Waals surface area contributed by atoms with Crippen LogP contribution in [0.2, 0.25) is 0 Å². The molecular weight excluding hydrogens is 350 g/mol. The normalized spacial score (nSPS) is 16.1. The minimum Gasteiger partial charge on any atom is -0.313 e. The molecule has 1 aliphatic rings. The average Bonchev–Trinajstić information content (AvgIpc) is 2.96. The molecule has 0 radical (unpaired) electrons. The standard InChI is InChI=1S/C19H17N3O3S/c1-12-5-7-15-16(11-20)19(26-17(15)9-12)21-18(23)8-6-13-3-2-4-14(10-13)22(24)25/h2-4,6,8,10,12H,5,7,9H2,1H3,(H,21,23)/b8-6+/t12-/m1/s1. The summed E-state index contributed by atoms with van der Waals surface area (Å²) in [7, 11) is 0. The zero-order chi connectivity index (χ0) is 18.7. The maximum Gasteiger partial charge on any atom is 0.270 e. The molecule has 1 atom stereocenters. The highest BCUT2D eigenvalue weighted by molar-refractivity contribution is 7.16. The van der Waals surface area contributed by atoms with Crippen molar-refractivity contribution in [2.24, 2.45) is 5.92 Å². The van der Waals surface area contributed by atoms with Crippen LogP contribution in [0.3, 0.4) is 0 Å². The molecular formula is C19H17N3O3S. The second-order valence-corrected chi connectivity index (χ2v) is 7.45. The minimum absolute atomic E-state index is 0.0284. The summed E-state index contributed by atoms with van der Waals surface area (Å²) < 4.78 is 0. The Balaban J connectivity index is 1.76. The van der Waals surface area contributed by atoms with Crippen LogP contribution in [-0.2, 0) is 17.6 Å². The minimum atomic E-state index is -0.478. The number of hydrogen-bond donors (Lipinski definition) is 1. The fourth-order valence-electron chi connectivity index (χ4n) is 3.02. The third-order valence-corrected chi connectivity index (χ3v) is 5.54. The van der Waals surface area contributed by atoms with Crippen molar-refractivity contribution in [2.45, 2.75) is 26.2 Å². The molecule has 1 heterocycles. The van der Waals surface area contributed by atoms with Gasteiger partial charge in [0.05, 0.1) is 10.5 Å². The first-order valence-corrected chi connectivity index (χ1v) is 9.07. The molecule has 0 spiro atoms. The van der Waals surface area contributed by atoms with Crippen molar-refractivity contribution in [3.05, 3.63) is 62.0 Å². The van der Waals surface area contributed by atoms with Crippen molar-refractivity contribution in [2.75, 3.05) is 5.32 Å². The zero-order valence-corrected chi connectivity index (χ0v) is 15.0. The zero-order valence-electron chi connectivity index (χ0n) is 14.2. The van der Waals surface area contributed by atoms with Gasteiger partial charge in [-0.05, 0) is 42.4 Å². The van der Waals surface area contributed by atoms with Gasteiger partial charge in [-0.25, -0.2) is 0 Å². The fraction of sp³-hybridized carbons (Fsp3) is 0.263. The Morgan fingerprint density at radius 3 is 3.04 bits per heavy atom. The SMILES string of the molecule is C[C@@H]1CCc2c(sc(NC(=O)/C=C/c3cccc([N+](=O)[O-])c3)c2C#N)C1. The van der Waals surface area contributed by atoms with E-state index in [9.17, 15) is 20.2 Å². The number of nitro groups is 1. The van der Waals surface area contributed by atoms with E-state index >= 15 is 0 Å². The van der Waals surface area contributed by atoms with E-state index in [0.29, 0.717) is 22.0 Å². The van der Waals surface area contributed by atoms with Crippen molar-refractivity contribution in [3.8, 4) is 6.07 Å². The molecule has 1 aliphatic carbocycles. The highest BCUT2D eigenvalue weighted by Crippen LogP contribution is 2.39. The molecule has 0 fully saturated rings. The molecule has 2 aromatic rings. The first kappa shape index (κ1) is 17.8. The van der Waals surface area contributed by atoms with Crippen LogP contribution in [0.4, 0.5) is 10.7 Å². The van der Waals surface area contributed by atoms with Crippen LogP contribution in [0.5, 0.6) is 0 Å². The molecule has 132 valence electrons. The summed E-state index contributed by atoms with van der Waals surface area (Å²) >= 11 is 1.47. The van der Waals surface area contributed by atoms with Crippen LogP contribution < -0.4 is 5.32 Å². The second kappa shape index (κ2) is 7.50. The van der Waals surface area contributed by atoms with Gasteiger partial charge in [0.1, 0.15) is 11.1 Å². The Kier molecular flexibility index (Phi) is 5.14. The number of benzene rings is 1. The molecule has 7 heteroatoms. The predicted octanol–water partition coefficient (Wildman–Crippen LogP) is 4.30. The summed E-state index contributed by atoms with van der Waals surface area (Å²) in [6.45, 7) is 2.19. The van der Waals surface area contributed by atoms with Gasteiger partial charge in [-0.15, -0.1) is 11.3 Å². The lowest BCUT2D eigenvalue weighted by Crippen LogP contribution is -2.10. The van der Waals surface area contributed by atoms with Crippen LogP contribution in [0.25, 0.3) is 6.08 Å². The monoisotopic (exact) mass is 367 g/mol. The van der Waals surface area contributed by atoms with Crippen molar-refractivity contribution in [1.82, 2.24) is 0 Å². The number of non-ortho nitro benzene ring substituents is 1. The number of anilines is 1. The van der Waals surface area contributed by atoms with Crippen molar-refractivity contribution in [3.63, 3.8) is 0 Å². The molecule has 26 heavy (non-hydrogen) atoms. The summed E-state index contributed by atoms with van der Waals surface area (Å²) in [6, 6.07) is 8.26. The van der Waals surface area contributed by atoms with E-state index in [1.165, 1.54) is 40.5 Å². The summed E-state index contributed by atoms with van der Waals surface area (Å²) in [5, 5.41) is 23.6. The van der Waals surface area contributed by atoms with Crippen molar-refractivity contribution in [1.29, 1.82) is 5.26 Å². The third-order valence-electron chi connectivity index (χ3n) is 4.37.